The summed E-state index contributed by atoms with van der Waals surface area (Å²) in [7, 11) is 0. The van der Waals surface area contributed by atoms with Crippen molar-refractivity contribution in [3.05, 3.63) is 57.5 Å². The minimum Gasteiger partial charge on any atom is -0.324 e. The van der Waals surface area contributed by atoms with Crippen LogP contribution in [-0.2, 0) is 20.8 Å². The minimum absolute atomic E-state index is 0.148. The Labute approximate surface area is 204 Å². The van der Waals surface area contributed by atoms with E-state index in [2.05, 4.69) is 30.9 Å². The first kappa shape index (κ1) is 23.3. The van der Waals surface area contributed by atoms with Crippen LogP contribution in [0.5, 0.6) is 0 Å². The van der Waals surface area contributed by atoms with Gasteiger partial charge < -0.3 is 5.32 Å². The second-order valence-electron chi connectivity index (χ2n) is 8.84. The summed E-state index contributed by atoms with van der Waals surface area (Å²) < 4.78 is 2.93. The Morgan fingerprint density at radius 2 is 2.00 bits per heavy atom. The molecule has 1 aromatic carbocycles. The minimum atomic E-state index is -0.812. The lowest BCUT2D eigenvalue weighted by atomic mass is 10.0. The van der Waals surface area contributed by atoms with E-state index < -0.39 is 17.5 Å². The van der Waals surface area contributed by atoms with Gasteiger partial charge >= 0.3 is 0 Å². The molecule has 0 spiro atoms. The van der Waals surface area contributed by atoms with Crippen LogP contribution in [0.25, 0.3) is 16.6 Å². The number of nitrogens with one attached hydrogen (secondary N) is 2. The molecule has 1 atom stereocenters. The molecule has 0 saturated carbocycles. The van der Waals surface area contributed by atoms with E-state index in [1.165, 1.54) is 10.9 Å². The lowest BCUT2D eigenvalue weighted by Crippen LogP contribution is -2.45. The van der Waals surface area contributed by atoms with Crippen LogP contribution in [0, 0.1) is 20.8 Å². The molecule has 4 heterocycles. The zero-order valence-corrected chi connectivity index (χ0v) is 20.0. The van der Waals surface area contributed by atoms with E-state index in [9.17, 15) is 19.2 Å². The van der Waals surface area contributed by atoms with Crippen LogP contribution in [0.2, 0.25) is 0 Å². The predicted octanol–water partition coefficient (Wildman–Crippen LogP) is 1.31. The second-order valence-corrected chi connectivity index (χ2v) is 8.84. The van der Waals surface area contributed by atoms with Crippen molar-refractivity contribution in [1.29, 1.82) is 0 Å². The maximum atomic E-state index is 13.3. The number of piperidine rings is 1. The number of para-hydroxylation sites is 1. The van der Waals surface area contributed by atoms with Crippen LogP contribution in [-0.4, -0.2) is 47.1 Å². The van der Waals surface area contributed by atoms with Gasteiger partial charge in [0.05, 0.1) is 16.8 Å². The lowest BCUT2D eigenvalue weighted by molar-refractivity contribution is -0.135. The highest BCUT2D eigenvalue weighted by atomic mass is 16.2. The fourth-order valence-corrected chi connectivity index (χ4v) is 4.72. The Hall–Kier alpha value is -4.48. The number of aromatic nitrogens is 6. The van der Waals surface area contributed by atoms with Crippen molar-refractivity contribution in [3.8, 4) is 0 Å². The van der Waals surface area contributed by atoms with Crippen molar-refractivity contribution in [1.82, 2.24) is 34.7 Å². The molecule has 1 aliphatic rings. The summed E-state index contributed by atoms with van der Waals surface area (Å²) >= 11 is 0. The van der Waals surface area contributed by atoms with Crippen molar-refractivity contribution in [2.24, 2.45) is 0 Å². The Balaban J connectivity index is 1.40. The normalized spacial score (nSPS) is 15.9. The molecule has 12 nitrogen and oxygen atoms in total. The summed E-state index contributed by atoms with van der Waals surface area (Å²) in [6, 6.07) is 4.13. The number of hydrogen-bond donors (Lipinski definition) is 2. The Bertz CT molecular complexity index is 1620. The maximum absolute atomic E-state index is 13.3. The highest BCUT2D eigenvalue weighted by Gasteiger charge is 2.30. The van der Waals surface area contributed by atoms with Gasteiger partial charge in [0.1, 0.15) is 23.7 Å². The van der Waals surface area contributed by atoms with Crippen LogP contribution in [0.3, 0.4) is 0 Å². The maximum Gasteiger partial charge on any atom is 0.262 e. The number of imide groups is 1. The number of nitrogens with zero attached hydrogens (tertiary/aromatic N) is 6. The summed E-state index contributed by atoms with van der Waals surface area (Å²) in [5, 5.41) is 17.8. The Morgan fingerprint density at radius 1 is 1.19 bits per heavy atom. The third-order valence-corrected chi connectivity index (χ3v) is 6.52. The SMILES string of the molecule is Cc1nn2cnnc2c(C)c1CCC(=O)Nc1cccc2c(=O)n(C3CCC(=O)NC3=O)c(C)nc12. The van der Waals surface area contributed by atoms with E-state index in [0.717, 1.165) is 16.8 Å². The molecule has 184 valence electrons. The number of benzene rings is 1. The zero-order valence-electron chi connectivity index (χ0n) is 20.0. The van der Waals surface area contributed by atoms with Crippen LogP contribution >= 0.6 is 0 Å². The molecule has 0 radical (unpaired) electrons. The predicted molar refractivity (Wildman–Crippen MR) is 129 cm³/mol. The van der Waals surface area contributed by atoms with Crippen LogP contribution in [0.1, 0.15) is 47.9 Å². The number of aryl methyl sites for hydroxylation is 3. The molecule has 2 N–H and O–H groups in total. The first-order valence-corrected chi connectivity index (χ1v) is 11.6. The second kappa shape index (κ2) is 8.95. The molecular weight excluding hydrogens is 464 g/mol. The van der Waals surface area contributed by atoms with Crippen molar-refractivity contribution >= 4 is 40.0 Å². The number of amides is 3. The molecule has 12 heteroatoms. The summed E-state index contributed by atoms with van der Waals surface area (Å²) in [4.78, 5) is 54.6. The summed E-state index contributed by atoms with van der Waals surface area (Å²) in [6.07, 6.45) is 2.56. The van der Waals surface area contributed by atoms with Gasteiger partial charge in [0.15, 0.2) is 5.65 Å². The third kappa shape index (κ3) is 4.00. The summed E-state index contributed by atoms with van der Waals surface area (Å²) in [5.41, 5.74) is 3.65. The average Bonchev–Trinajstić information content (AvgIpc) is 3.29. The van der Waals surface area contributed by atoms with Gasteiger partial charge in [0.25, 0.3) is 5.56 Å². The highest BCUT2D eigenvalue weighted by molar-refractivity contribution is 6.01. The lowest BCUT2D eigenvalue weighted by Gasteiger charge is -2.24. The molecule has 36 heavy (non-hydrogen) atoms. The number of fused-ring (bicyclic) bond motifs is 2. The van der Waals surface area contributed by atoms with Crippen LogP contribution in [0.4, 0.5) is 5.69 Å². The zero-order chi connectivity index (χ0) is 25.6. The van der Waals surface area contributed by atoms with Crippen molar-refractivity contribution in [2.45, 2.75) is 52.5 Å². The van der Waals surface area contributed by atoms with E-state index in [-0.39, 0.29) is 36.5 Å². The Kier molecular flexibility index (Phi) is 5.78. The first-order valence-electron chi connectivity index (χ1n) is 11.6. The molecule has 1 aliphatic heterocycles. The quantitative estimate of drug-likeness (QED) is 0.399. The van der Waals surface area contributed by atoms with E-state index in [1.54, 1.807) is 29.6 Å². The van der Waals surface area contributed by atoms with Crippen LogP contribution < -0.4 is 16.2 Å². The fourth-order valence-electron chi connectivity index (χ4n) is 4.72. The molecule has 4 aromatic rings. The third-order valence-electron chi connectivity index (χ3n) is 6.52. The number of carbonyl (C=O) groups is 3. The molecule has 5 rings (SSSR count). The molecule has 3 aromatic heterocycles. The molecule has 0 aliphatic carbocycles. The van der Waals surface area contributed by atoms with Gasteiger partial charge in [-0.2, -0.15) is 5.10 Å². The Morgan fingerprint density at radius 3 is 2.78 bits per heavy atom. The van der Waals surface area contributed by atoms with Gasteiger partial charge in [-0.05, 0) is 51.3 Å². The standard InChI is InChI=1S/C24H24N8O4/c1-12-15(13(2)30-31-11-25-29-22(12)31)7-9-19(33)27-17-6-4-5-16-21(17)26-14(3)32(24(16)36)18-8-10-20(34)28-23(18)35/h4-6,11,18H,7-10H2,1-3H3,(H,27,33)(H,28,34,35). The topological polar surface area (TPSA) is 153 Å². The van der Waals surface area contributed by atoms with Gasteiger partial charge in [0.2, 0.25) is 17.7 Å². The smallest absolute Gasteiger partial charge is 0.262 e. The van der Waals surface area contributed by atoms with Gasteiger partial charge in [-0.3, -0.25) is 29.1 Å². The van der Waals surface area contributed by atoms with Gasteiger partial charge in [-0.25, -0.2) is 9.50 Å². The van der Waals surface area contributed by atoms with Gasteiger partial charge in [-0.15, -0.1) is 10.2 Å². The molecule has 1 saturated heterocycles. The largest absolute Gasteiger partial charge is 0.324 e. The highest BCUT2D eigenvalue weighted by Crippen LogP contribution is 2.24. The molecular formula is C24H24N8O4. The fraction of sp³-hybridized carbons (Fsp3) is 0.333. The average molecular weight is 489 g/mol. The van der Waals surface area contributed by atoms with E-state index in [0.29, 0.717) is 29.1 Å². The van der Waals surface area contributed by atoms with E-state index >= 15 is 0 Å². The molecule has 1 fully saturated rings. The number of carbonyl (C=O) groups excluding carboxylic acids is 3. The number of anilines is 1. The monoisotopic (exact) mass is 488 g/mol. The van der Waals surface area contributed by atoms with Gasteiger partial charge in [0, 0.05) is 18.4 Å². The van der Waals surface area contributed by atoms with Crippen molar-refractivity contribution in [2.75, 3.05) is 5.32 Å². The van der Waals surface area contributed by atoms with E-state index in [4.69, 9.17) is 0 Å². The molecule has 1 unspecified atom stereocenters. The molecule has 0 bridgehead atoms. The first-order chi connectivity index (χ1) is 17.2. The molecule has 3 amide bonds. The van der Waals surface area contributed by atoms with E-state index in [1.807, 2.05) is 13.8 Å². The van der Waals surface area contributed by atoms with Crippen molar-refractivity contribution < 1.29 is 14.4 Å². The van der Waals surface area contributed by atoms with Crippen molar-refractivity contribution in [3.63, 3.8) is 0 Å². The summed E-state index contributed by atoms with van der Waals surface area (Å²) in [6.45, 7) is 5.43. The number of rotatable bonds is 5. The summed E-state index contributed by atoms with van der Waals surface area (Å²) in [5.74, 6) is -0.797. The van der Waals surface area contributed by atoms with Crippen LogP contribution in [0.15, 0.2) is 29.3 Å². The number of hydrogen-bond acceptors (Lipinski definition) is 8. The van der Waals surface area contributed by atoms with Gasteiger partial charge in [-0.1, -0.05) is 6.07 Å².